The first-order chi connectivity index (χ1) is 8.08. The van der Waals surface area contributed by atoms with Gasteiger partial charge in [-0.05, 0) is 17.7 Å². The van der Waals surface area contributed by atoms with Crippen LogP contribution in [0.1, 0.15) is 5.56 Å². The van der Waals surface area contributed by atoms with E-state index < -0.39 is 12.6 Å². The molecule has 1 aromatic rings. The molecule has 0 saturated heterocycles. The number of aromatic hydroxyl groups is 1. The van der Waals surface area contributed by atoms with Crippen molar-refractivity contribution in [1.29, 1.82) is 0 Å². The van der Waals surface area contributed by atoms with Crippen LogP contribution in [0.5, 0.6) is 5.75 Å². The van der Waals surface area contributed by atoms with Crippen molar-refractivity contribution >= 4 is 11.9 Å². The number of ether oxygens (including phenoxy) is 1. The van der Waals surface area contributed by atoms with Crippen LogP contribution in [0.3, 0.4) is 0 Å². The number of amides is 1. The van der Waals surface area contributed by atoms with Crippen LogP contribution in [-0.4, -0.2) is 35.3 Å². The van der Waals surface area contributed by atoms with Crippen LogP contribution in [0.4, 0.5) is 0 Å². The van der Waals surface area contributed by atoms with Crippen LogP contribution >= 0.6 is 0 Å². The van der Waals surface area contributed by atoms with Crippen molar-refractivity contribution in [2.75, 3.05) is 13.2 Å². The molecule has 0 bridgehead atoms. The van der Waals surface area contributed by atoms with Gasteiger partial charge in [-0.3, -0.25) is 4.79 Å². The van der Waals surface area contributed by atoms with E-state index in [4.69, 9.17) is 10.2 Å². The lowest BCUT2D eigenvalue weighted by Gasteiger charge is -2.05. The van der Waals surface area contributed by atoms with E-state index in [2.05, 4.69) is 10.1 Å². The Balaban J connectivity index is 2.23. The molecule has 0 atom stereocenters. The third-order valence-electron chi connectivity index (χ3n) is 1.88. The van der Waals surface area contributed by atoms with Gasteiger partial charge < -0.3 is 20.3 Å². The van der Waals surface area contributed by atoms with Gasteiger partial charge in [0.2, 0.25) is 5.91 Å². The summed E-state index contributed by atoms with van der Waals surface area (Å²) in [4.78, 5) is 21.3. The minimum absolute atomic E-state index is 0.157. The number of rotatable bonds is 6. The molecule has 0 unspecified atom stereocenters. The summed E-state index contributed by atoms with van der Waals surface area (Å²) in [6, 6.07) is 6.38. The van der Waals surface area contributed by atoms with Crippen molar-refractivity contribution in [3.63, 3.8) is 0 Å². The number of carbonyl (C=O) groups excluding carboxylic acids is 1. The van der Waals surface area contributed by atoms with Crippen LogP contribution in [0.2, 0.25) is 0 Å². The van der Waals surface area contributed by atoms with E-state index in [1.54, 1.807) is 12.1 Å². The number of carbonyl (C=O) groups is 2. The summed E-state index contributed by atoms with van der Waals surface area (Å²) in [5, 5.41) is 19.9. The highest BCUT2D eigenvalue weighted by molar-refractivity contribution is 5.77. The molecule has 0 saturated carbocycles. The minimum atomic E-state index is -1.11. The Kier molecular flexibility index (Phi) is 4.96. The number of benzene rings is 1. The Hall–Kier alpha value is -2.08. The summed E-state index contributed by atoms with van der Waals surface area (Å²) >= 11 is 0. The molecule has 1 aromatic carbocycles. The van der Waals surface area contributed by atoms with Gasteiger partial charge in [0, 0.05) is 6.54 Å². The van der Waals surface area contributed by atoms with Crippen molar-refractivity contribution in [3.05, 3.63) is 29.8 Å². The molecule has 0 spiro atoms. The fourth-order valence-corrected chi connectivity index (χ4v) is 1.10. The number of nitrogens with one attached hydrogen (secondary N) is 1. The zero-order valence-corrected chi connectivity index (χ0v) is 9.05. The summed E-state index contributed by atoms with van der Waals surface area (Å²) < 4.78 is 4.61. The molecule has 0 aliphatic heterocycles. The van der Waals surface area contributed by atoms with Crippen molar-refractivity contribution in [1.82, 2.24) is 5.32 Å². The fourth-order valence-electron chi connectivity index (χ4n) is 1.10. The van der Waals surface area contributed by atoms with E-state index in [0.717, 1.165) is 5.56 Å². The topological polar surface area (TPSA) is 95.9 Å². The normalized spacial score (nSPS) is 9.88. The number of phenolic OH excluding ortho intramolecular Hbond substituents is 1. The van der Waals surface area contributed by atoms with Gasteiger partial charge in [0.15, 0.2) is 0 Å². The Morgan fingerprint density at radius 2 is 1.82 bits per heavy atom. The Morgan fingerprint density at radius 3 is 2.41 bits per heavy atom. The van der Waals surface area contributed by atoms with Crippen molar-refractivity contribution < 1.29 is 24.5 Å². The summed E-state index contributed by atoms with van der Waals surface area (Å²) in [7, 11) is 0. The molecular formula is C11H13NO5. The molecule has 0 heterocycles. The molecule has 0 fully saturated rings. The van der Waals surface area contributed by atoms with Crippen LogP contribution in [-0.2, 0) is 20.9 Å². The molecular weight excluding hydrogens is 226 g/mol. The first-order valence-electron chi connectivity index (χ1n) is 4.92. The second-order valence-corrected chi connectivity index (χ2v) is 3.33. The summed E-state index contributed by atoms with van der Waals surface area (Å²) in [6.45, 7) is -0.480. The molecule has 0 aromatic heterocycles. The van der Waals surface area contributed by atoms with Crippen molar-refractivity contribution in [2.45, 2.75) is 6.54 Å². The Morgan fingerprint density at radius 1 is 1.18 bits per heavy atom. The monoisotopic (exact) mass is 239 g/mol. The molecule has 6 heteroatoms. The number of carboxylic acids is 1. The summed E-state index contributed by atoms with van der Waals surface area (Å²) in [5.74, 6) is -1.35. The van der Waals surface area contributed by atoms with E-state index in [1.807, 2.05) is 0 Å². The minimum Gasteiger partial charge on any atom is -0.508 e. The first kappa shape index (κ1) is 13.0. The zero-order valence-electron chi connectivity index (χ0n) is 9.05. The number of hydrogen-bond acceptors (Lipinski definition) is 4. The van der Waals surface area contributed by atoms with Crippen LogP contribution in [0.15, 0.2) is 24.3 Å². The molecule has 92 valence electrons. The summed E-state index contributed by atoms with van der Waals surface area (Å²) in [5.41, 5.74) is 0.828. The average Bonchev–Trinajstić information content (AvgIpc) is 2.28. The second-order valence-electron chi connectivity index (χ2n) is 3.33. The molecule has 0 aliphatic rings. The second kappa shape index (κ2) is 6.49. The van der Waals surface area contributed by atoms with Gasteiger partial charge in [0.05, 0.1) is 0 Å². The van der Waals surface area contributed by atoms with Crippen molar-refractivity contribution in [2.24, 2.45) is 0 Å². The molecule has 0 aliphatic carbocycles. The smallest absolute Gasteiger partial charge is 0.329 e. The first-order valence-corrected chi connectivity index (χ1v) is 4.92. The Labute approximate surface area is 97.8 Å². The fraction of sp³-hybridized carbons (Fsp3) is 0.273. The lowest BCUT2D eigenvalue weighted by atomic mass is 10.2. The largest absolute Gasteiger partial charge is 0.508 e. The standard InChI is InChI=1S/C11H13NO5/c13-9-3-1-8(2-4-9)5-12-10(14)6-17-7-11(15)16/h1-4,13H,5-7H2,(H,12,14)(H,15,16). The maximum atomic E-state index is 11.2. The van der Waals surface area contributed by atoms with E-state index in [0.29, 0.717) is 6.54 Å². The quantitative estimate of drug-likeness (QED) is 0.654. The van der Waals surface area contributed by atoms with Gasteiger partial charge in [0.1, 0.15) is 19.0 Å². The predicted molar refractivity (Wildman–Crippen MR) is 58.4 cm³/mol. The van der Waals surface area contributed by atoms with Gasteiger partial charge in [0.25, 0.3) is 0 Å². The maximum Gasteiger partial charge on any atom is 0.329 e. The third kappa shape index (κ3) is 5.53. The molecule has 17 heavy (non-hydrogen) atoms. The molecule has 6 nitrogen and oxygen atoms in total. The lowest BCUT2D eigenvalue weighted by Crippen LogP contribution is -2.28. The predicted octanol–water partition coefficient (Wildman–Crippen LogP) is 0.110. The van der Waals surface area contributed by atoms with E-state index in [1.165, 1.54) is 12.1 Å². The molecule has 3 N–H and O–H groups in total. The van der Waals surface area contributed by atoms with Crippen LogP contribution < -0.4 is 5.32 Å². The number of carboxylic acid groups (broad SMARTS) is 1. The molecule has 0 radical (unpaired) electrons. The van der Waals surface area contributed by atoms with Gasteiger partial charge in [-0.25, -0.2) is 4.79 Å². The van der Waals surface area contributed by atoms with Gasteiger partial charge in [-0.2, -0.15) is 0 Å². The summed E-state index contributed by atoms with van der Waals surface area (Å²) in [6.07, 6.45) is 0. The molecule has 1 amide bonds. The lowest BCUT2D eigenvalue weighted by molar-refractivity contribution is -0.143. The number of hydrogen-bond donors (Lipinski definition) is 3. The maximum absolute atomic E-state index is 11.2. The van der Waals surface area contributed by atoms with Gasteiger partial charge in [-0.15, -0.1) is 0 Å². The SMILES string of the molecule is O=C(O)COCC(=O)NCc1ccc(O)cc1. The highest BCUT2D eigenvalue weighted by atomic mass is 16.5. The van der Waals surface area contributed by atoms with E-state index in [-0.39, 0.29) is 18.3 Å². The average molecular weight is 239 g/mol. The van der Waals surface area contributed by atoms with E-state index in [9.17, 15) is 9.59 Å². The number of aliphatic carboxylic acids is 1. The highest BCUT2D eigenvalue weighted by Crippen LogP contribution is 2.08. The van der Waals surface area contributed by atoms with Crippen LogP contribution in [0.25, 0.3) is 0 Å². The van der Waals surface area contributed by atoms with Gasteiger partial charge in [-0.1, -0.05) is 12.1 Å². The van der Waals surface area contributed by atoms with E-state index >= 15 is 0 Å². The van der Waals surface area contributed by atoms with Crippen molar-refractivity contribution in [3.8, 4) is 5.75 Å². The molecule has 1 rings (SSSR count). The third-order valence-corrected chi connectivity index (χ3v) is 1.88. The van der Waals surface area contributed by atoms with Crippen LogP contribution in [0, 0.1) is 0 Å². The number of phenols is 1. The highest BCUT2D eigenvalue weighted by Gasteiger charge is 2.03. The van der Waals surface area contributed by atoms with Gasteiger partial charge >= 0.3 is 5.97 Å². The Bertz CT molecular complexity index is 387. The zero-order chi connectivity index (χ0) is 12.7.